The van der Waals surface area contributed by atoms with Crippen LogP contribution in [0.3, 0.4) is 0 Å². The molecular formula is C18H12F3NO. The normalized spacial score (nSPS) is 10.8. The minimum atomic E-state index is -2.49. The Morgan fingerprint density at radius 3 is 2.13 bits per heavy atom. The molecule has 0 N–H and O–H groups in total. The molecule has 5 heteroatoms. The van der Waals surface area contributed by atoms with Gasteiger partial charge in [-0.2, -0.15) is 18.4 Å². The first-order valence-corrected chi connectivity index (χ1v) is 6.67. The third-order valence-corrected chi connectivity index (χ3v) is 3.09. The average molecular weight is 315 g/mol. The lowest BCUT2D eigenvalue weighted by molar-refractivity contribution is 0.241. The van der Waals surface area contributed by atoms with Crippen LogP contribution in [-0.4, -0.2) is 0 Å². The molecule has 0 spiro atoms. The zero-order chi connectivity index (χ0) is 16.8. The first kappa shape index (κ1) is 16.4. The van der Waals surface area contributed by atoms with Crippen LogP contribution in [0.5, 0.6) is 5.75 Å². The molecule has 2 rings (SSSR count). The van der Waals surface area contributed by atoms with Crippen LogP contribution in [0, 0.1) is 11.3 Å². The van der Waals surface area contributed by atoms with Crippen molar-refractivity contribution in [2.24, 2.45) is 0 Å². The zero-order valence-corrected chi connectivity index (χ0v) is 12.2. The highest BCUT2D eigenvalue weighted by Gasteiger charge is 2.07. The summed E-state index contributed by atoms with van der Waals surface area (Å²) in [5.41, 5.74) is 3.27. The van der Waals surface area contributed by atoms with Crippen molar-refractivity contribution in [3.05, 3.63) is 77.3 Å². The summed E-state index contributed by atoms with van der Waals surface area (Å²) in [7, 11) is 0. The maximum absolute atomic E-state index is 12.7. The molecule has 0 aliphatic heterocycles. The fraction of sp³-hybridized carbons (Fsp3) is 0.0556. The second kappa shape index (κ2) is 7.32. The molecule has 0 aliphatic carbocycles. The van der Waals surface area contributed by atoms with Crippen LogP contribution in [-0.2, 0) is 0 Å². The number of benzene rings is 2. The Bertz CT molecular complexity index is 781. The van der Waals surface area contributed by atoms with Crippen molar-refractivity contribution < 1.29 is 17.9 Å². The number of hydrogen-bond acceptors (Lipinski definition) is 2. The van der Waals surface area contributed by atoms with E-state index in [-0.39, 0.29) is 5.75 Å². The van der Waals surface area contributed by atoms with Gasteiger partial charge in [0, 0.05) is 0 Å². The number of rotatable bonds is 4. The van der Waals surface area contributed by atoms with Crippen LogP contribution in [0.4, 0.5) is 13.2 Å². The summed E-state index contributed by atoms with van der Waals surface area (Å²) in [5, 5.41) is 8.76. The van der Waals surface area contributed by atoms with Crippen LogP contribution >= 0.6 is 0 Å². The lowest BCUT2D eigenvalue weighted by Crippen LogP contribution is -1.91. The van der Waals surface area contributed by atoms with E-state index in [1.165, 1.54) is 12.1 Å². The molecule has 2 aromatic carbocycles. The summed E-state index contributed by atoms with van der Waals surface area (Å²) in [6, 6.07) is 13.3. The number of ether oxygens (including phenoxy) is 1. The van der Waals surface area contributed by atoms with E-state index in [0.29, 0.717) is 5.56 Å². The van der Waals surface area contributed by atoms with Gasteiger partial charge >= 0.3 is 12.1 Å². The molecule has 2 aromatic rings. The van der Waals surface area contributed by atoms with Crippen LogP contribution < -0.4 is 4.74 Å². The molecule has 0 unspecified atom stereocenters. The van der Waals surface area contributed by atoms with Crippen LogP contribution in [0.15, 0.2) is 60.6 Å². The first-order valence-electron chi connectivity index (χ1n) is 6.67. The van der Waals surface area contributed by atoms with Gasteiger partial charge in [0.25, 0.3) is 0 Å². The van der Waals surface area contributed by atoms with Gasteiger partial charge in [0.05, 0.1) is 11.6 Å². The Labute approximate surface area is 131 Å². The maximum Gasteiger partial charge on any atom is 0.344 e. The molecule has 0 radical (unpaired) electrons. The molecule has 0 amide bonds. The number of hydrogen-bond donors (Lipinski definition) is 0. The number of nitrogens with zero attached hydrogens (tertiary/aromatic N) is 1. The molecule has 116 valence electrons. The van der Waals surface area contributed by atoms with E-state index < -0.39 is 12.1 Å². The molecule has 23 heavy (non-hydrogen) atoms. The molecule has 0 saturated heterocycles. The minimum Gasteiger partial charge on any atom is -0.428 e. The van der Waals surface area contributed by atoms with E-state index in [9.17, 15) is 13.2 Å². The Kier molecular flexibility index (Phi) is 5.21. The quantitative estimate of drug-likeness (QED) is 0.549. The summed E-state index contributed by atoms with van der Waals surface area (Å²) in [6.07, 6.45) is -0.579. The Hall–Kier alpha value is -3.00. The Balaban J connectivity index is 2.16. The second-order valence-electron chi connectivity index (χ2n) is 4.72. The van der Waals surface area contributed by atoms with Gasteiger partial charge in [0.2, 0.25) is 0 Å². The first-order chi connectivity index (χ1) is 11.0. The van der Waals surface area contributed by atoms with E-state index in [4.69, 9.17) is 5.26 Å². The van der Waals surface area contributed by atoms with Crippen LogP contribution in [0.2, 0.25) is 0 Å². The molecule has 0 aliphatic rings. The SMILES string of the molecule is CC(=Cc1ccc(C#N)cc1)c1ccc(OC(F)=C(F)F)cc1. The van der Waals surface area contributed by atoms with Crippen molar-refractivity contribution in [2.75, 3.05) is 0 Å². The smallest absolute Gasteiger partial charge is 0.344 e. The van der Waals surface area contributed by atoms with Crippen LogP contribution in [0.25, 0.3) is 11.6 Å². The third-order valence-electron chi connectivity index (χ3n) is 3.09. The average Bonchev–Trinajstić information content (AvgIpc) is 2.56. The second-order valence-corrected chi connectivity index (χ2v) is 4.72. The standard InChI is InChI=1S/C18H12F3NO/c1-12(10-13-2-4-14(11-22)5-3-13)15-6-8-16(9-7-15)23-18(21)17(19)20/h2-10H,1H3. The fourth-order valence-electron chi connectivity index (χ4n) is 1.92. The lowest BCUT2D eigenvalue weighted by Gasteiger charge is -2.05. The Morgan fingerprint density at radius 1 is 1.00 bits per heavy atom. The maximum atomic E-state index is 12.7. The van der Waals surface area contributed by atoms with E-state index >= 15 is 0 Å². The summed E-state index contributed by atoms with van der Waals surface area (Å²) in [5.74, 6) is -0.00905. The highest BCUT2D eigenvalue weighted by atomic mass is 19.3. The van der Waals surface area contributed by atoms with Gasteiger partial charge in [0.15, 0.2) is 0 Å². The fourth-order valence-corrected chi connectivity index (χ4v) is 1.92. The van der Waals surface area contributed by atoms with E-state index in [2.05, 4.69) is 4.74 Å². The van der Waals surface area contributed by atoms with Crippen molar-refractivity contribution >= 4 is 11.6 Å². The monoisotopic (exact) mass is 315 g/mol. The highest BCUT2D eigenvalue weighted by molar-refractivity contribution is 5.80. The largest absolute Gasteiger partial charge is 0.428 e. The highest BCUT2D eigenvalue weighted by Crippen LogP contribution is 2.23. The van der Waals surface area contributed by atoms with E-state index in [1.54, 1.807) is 24.3 Å². The van der Waals surface area contributed by atoms with Crippen molar-refractivity contribution in [2.45, 2.75) is 6.92 Å². The van der Waals surface area contributed by atoms with Gasteiger partial charge in [-0.3, -0.25) is 0 Å². The number of halogens is 3. The predicted molar refractivity (Wildman–Crippen MR) is 82.1 cm³/mol. The topological polar surface area (TPSA) is 33.0 Å². The predicted octanol–water partition coefficient (Wildman–Crippen LogP) is 5.53. The molecule has 0 fully saturated rings. The summed E-state index contributed by atoms with van der Waals surface area (Å²) in [4.78, 5) is 0. The molecular weight excluding hydrogens is 303 g/mol. The molecule has 0 aromatic heterocycles. The van der Waals surface area contributed by atoms with Gasteiger partial charge < -0.3 is 4.74 Å². The van der Waals surface area contributed by atoms with E-state index in [1.807, 2.05) is 31.2 Å². The van der Waals surface area contributed by atoms with Gasteiger partial charge in [-0.05, 0) is 47.9 Å². The molecule has 0 saturated carbocycles. The Morgan fingerprint density at radius 2 is 1.61 bits per heavy atom. The van der Waals surface area contributed by atoms with Crippen LogP contribution in [0.1, 0.15) is 23.6 Å². The van der Waals surface area contributed by atoms with Gasteiger partial charge in [-0.15, -0.1) is 0 Å². The molecule has 2 nitrogen and oxygen atoms in total. The van der Waals surface area contributed by atoms with Crippen molar-refractivity contribution in [3.63, 3.8) is 0 Å². The number of nitriles is 1. The molecule has 0 atom stereocenters. The summed E-state index contributed by atoms with van der Waals surface area (Å²) >= 11 is 0. The number of allylic oxidation sites excluding steroid dienone is 1. The van der Waals surface area contributed by atoms with Crippen molar-refractivity contribution in [3.8, 4) is 11.8 Å². The summed E-state index contributed by atoms with van der Waals surface area (Å²) < 4.78 is 41.0. The molecule has 0 heterocycles. The van der Waals surface area contributed by atoms with E-state index in [0.717, 1.165) is 16.7 Å². The zero-order valence-electron chi connectivity index (χ0n) is 12.2. The minimum absolute atomic E-state index is 0.00905. The van der Waals surface area contributed by atoms with Gasteiger partial charge in [-0.1, -0.05) is 30.3 Å². The molecule has 0 bridgehead atoms. The van der Waals surface area contributed by atoms with Gasteiger partial charge in [-0.25, -0.2) is 0 Å². The summed E-state index contributed by atoms with van der Waals surface area (Å²) in [6.45, 7) is 1.88. The lowest BCUT2D eigenvalue weighted by atomic mass is 10.0. The third kappa shape index (κ3) is 4.48. The van der Waals surface area contributed by atoms with Gasteiger partial charge in [0.1, 0.15) is 5.75 Å². The van der Waals surface area contributed by atoms with Crippen molar-refractivity contribution in [1.29, 1.82) is 5.26 Å². The van der Waals surface area contributed by atoms with Crippen molar-refractivity contribution in [1.82, 2.24) is 0 Å².